The first-order valence-electron chi connectivity index (χ1n) is 6.22. The number of nitrogens with zero attached hydrogens (tertiary/aromatic N) is 2. The number of benzene rings is 1. The van der Waals surface area contributed by atoms with Crippen LogP contribution in [0, 0.1) is 5.82 Å². The van der Waals surface area contributed by atoms with Crippen LogP contribution in [0.5, 0.6) is 0 Å². The standard InChI is InChI=1S/C15H13FN4/c1-17-15-7-4-11(9-18-15)14-8-13(19-20-14)10-2-5-12(16)6-3-10/h2-9H,1H3,(H,17,18)(H,19,20). The summed E-state index contributed by atoms with van der Waals surface area (Å²) in [4.78, 5) is 4.25. The number of hydrogen-bond acceptors (Lipinski definition) is 3. The third kappa shape index (κ3) is 2.38. The van der Waals surface area contributed by atoms with Crippen LogP contribution in [-0.4, -0.2) is 22.2 Å². The number of pyridine rings is 1. The Morgan fingerprint density at radius 1 is 1.05 bits per heavy atom. The second-order valence-electron chi connectivity index (χ2n) is 4.36. The number of H-pyrrole nitrogens is 1. The van der Waals surface area contributed by atoms with Gasteiger partial charge in [0.15, 0.2) is 0 Å². The maximum Gasteiger partial charge on any atom is 0.125 e. The molecular formula is C15H13FN4. The van der Waals surface area contributed by atoms with E-state index < -0.39 is 0 Å². The quantitative estimate of drug-likeness (QED) is 0.766. The monoisotopic (exact) mass is 268 g/mol. The molecule has 0 aliphatic heterocycles. The Labute approximate surface area is 115 Å². The van der Waals surface area contributed by atoms with E-state index >= 15 is 0 Å². The van der Waals surface area contributed by atoms with E-state index in [-0.39, 0.29) is 5.82 Å². The van der Waals surface area contributed by atoms with Crippen LogP contribution in [0.25, 0.3) is 22.5 Å². The molecular weight excluding hydrogens is 255 g/mol. The molecule has 2 aromatic heterocycles. The van der Waals surface area contributed by atoms with E-state index in [0.717, 1.165) is 28.3 Å². The highest BCUT2D eigenvalue weighted by atomic mass is 19.1. The number of anilines is 1. The van der Waals surface area contributed by atoms with Gasteiger partial charge in [-0.1, -0.05) is 0 Å². The topological polar surface area (TPSA) is 53.6 Å². The Morgan fingerprint density at radius 3 is 2.45 bits per heavy atom. The zero-order chi connectivity index (χ0) is 13.9. The lowest BCUT2D eigenvalue weighted by atomic mass is 10.1. The number of nitrogens with one attached hydrogen (secondary N) is 2. The summed E-state index contributed by atoms with van der Waals surface area (Å²) in [6.07, 6.45) is 1.76. The van der Waals surface area contributed by atoms with Gasteiger partial charge in [-0.15, -0.1) is 0 Å². The Bertz CT molecular complexity index is 701. The largest absolute Gasteiger partial charge is 0.373 e. The molecule has 0 saturated heterocycles. The summed E-state index contributed by atoms with van der Waals surface area (Å²) in [5.74, 6) is 0.559. The summed E-state index contributed by atoms with van der Waals surface area (Å²) in [5, 5.41) is 10.2. The van der Waals surface area contributed by atoms with Crippen LogP contribution < -0.4 is 5.32 Å². The summed E-state index contributed by atoms with van der Waals surface area (Å²) < 4.78 is 12.9. The van der Waals surface area contributed by atoms with Gasteiger partial charge < -0.3 is 5.32 Å². The van der Waals surface area contributed by atoms with Gasteiger partial charge in [-0.25, -0.2) is 9.37 Å². The average molecular weight is 268 g/mol. The molecule has 2 heterocycles. The third-order valence-electron chi connectivity index (χ3n) is 3.05. The minimum Gasteiger partial charge on any atom is -0.373 e. The van der Waals surface area contributed by atoms with E-state index in [0.29, 0.717) is 0 Å². The predicted octanol–water partition coefficient (Wildman–Crippen LogP) is 3.32. The van der Waals surface area contributed by atoms with Gasteiger partial charge in [-0.3, -0.25) is 5.10 Å². The minimum atomic E-state index is -0.250. The van der Waals surface area contributed by atoms with Crippen LogP contribution in [0.2, 0.25) is 0 Å². The Balaban J connectivity index is 1.91. The molecule has 2 N–H and O–H groups in total. The van der Waals surface area contributed by atoms with E-state index in [1.807, 2.05) is 25.2 Å². The third-order valence-corrected chi connectivity index (χ3v) is 3.05. The van der Waals surface area contributed by atoms with Crippen molar-refractivity contribution in [2.45, 2.75) is 0 Å². The van der Waals surface area contributed by atoms with Gasteiger partial charge in [0.2, 0.25) is 0 Å². The van der Waals surface area contributed by atoms with Crippen LogP contribution in [0.15, 0.2) is 48.7 Å². The first-order valence-corrected chi connectivity index (χ1v) is 6.22. The van der Waals surface area contributed by atoms with Gasteiger partial charge in [0.25, 0.3) is 0 Å². The average Bonchev–Trinajstić information content (AvgIpc) is 2.98. The fraction of sp³-hybridized carbons (Fsp3) is 0.0667. The van der Waals surface area contributed by atoms with Crippen molar-refractivity contribution < 1.29 is 4.39 Å². The maximum absolute atomic E-state index is 12.9. The fourth-order valence-corrected chi connectivity index (χ4v) is 1.94. The van der Waals surface area contributed by atoms with Crippen molar-refractivity contribution in [1.29, 1.82) is 0 Å². The zero-order valence-corrected chi connectivity index (χ0v) is 10.9. The molecule has 3 rings (SSSR count). The van der Waals surface area contributed by atoms with Gasteiger partial charge in [0, 0.05) is 18.8 Å². The Hall–Kier alpha value is -2.69. The zero-order valence-electron chi connectivity index (χ0n) is 10.9. The molecule has 100 valence electrons. The SMILES string of the molecule is CNc1ccc(-c2cc(-c3ccc(F)cc3)[nH]n2)cn1. The summed E-state index contributed by atoms with van der Waals surface area (Å²) >= 11 is 0. The minimum absolute atomic E-state index is 0.250. The summed E-state index contributed by atoms with van der Waals surface area (Å²) in [6, 6.07) is 12.1. The van der Waals surface area contributed by atoms with Crippen LogP contribution in [-0.2, 0) is 0 Å². The second-order valence-corrected chi connectivity index (χ2v) is 4.36. The van der Waals surface area contributed by atoms with Gasteiger partial charge in [-0.05, 0) is 48.0 Å². The van der Waals surface area contributed by atoms with Gasteiger partial charge in [-0.2, -0.15) is 5.10 Å². The van der Waals surface area contributed by atoms with E-state index in [1.54, 1.807) is 18.3 Å². The first kappa shape index (κ1) is 12.3. The number of halogens is 1. The Kier molecular flexibility index (Phi) is 3.16. The van der Waals surface area contributed by atoms with E-state index in [9.17, 15) is 4.39 Å². The molecule has 0 fully saturated rings. The van der Waals surface area contributed by atoms with Gasteiger partial charge in [0.05, 0.1) is 11.4 Å². The van der Waals surface area contributed by atoms with Crippen LogP contribution in [0.1, 0.15) is 0 Å². The highest BCUT2D eigenvalue weighted by Crippen LogP contribution is 2.23. The molecule has 3 aromatic rings. The van der Waals surface area contributed by atoms with Crippen molar-refractivity contribution in [2.75, 3.05) is 12.4 Å². The van der Waals surface area contributed by atoms with Crippen molar-refractivity contribution in [1.82, 2.24) is 15.2 Å². The number of aromatic nitrogens is 3. The van der Waals surface area contributed by atoms with E-state index in [2.05, 4.69) is 20.5 Å². The normalized spacial score (nSPS) is 10.5. The van der Waals surface area contributed by atoms with Crippen molar-refractivity contribution in [3.8, 4) is 22.5 Å². The van der Waals surface area contributed by atoms with Crippen LogP contribution in [0.3, 0.4) is 0 Å². The molecule has 0 unspecified atom stereocenters. The highest BCUT2D eigenvalue weighted by Gasteiger charge is 2.06. The summed E-state index contributed by atoms with van der Waals surface area (Å²) in [6.45, 7) is 0. The van der Waals surface area contributed by atoms with Crippen molar-refractivity contribution >= 4 is 5.82 Å². The molecule has 0 aliphatic rings. The molecule has 0 spiro atoms. The molecule has 0 aliphatic carbocycles. The van der Waals surface area contributed by atoms with E-state index in [4.69, 9.17) is 0 Å². The summed E-state index contributed by atoms with van der Waals surface area (Å²) in [5.41, 5.74) is 3.47. The van der Waals surface area contributed by atoms with Gasteiger partial charge in [0.1, 0.15) is 11.6 Å². The molecule has 0 bridgehead atoms. The first-order chi connectivity index (χ1) is 9.76. The lowest BCUT2D eigenvalue weighted by molar-refractivity contribution is 0.628. The number of rotatable bonds is 3. The molecule has 1 aromatic carbocycles. The van der Waals surface area contributed by atoms with Gasteiger partial charge >= 0.3 is 0 Å². The molecule has 5 heteroatoms. The molecule has 0 amide bonds. The molecule has 0 radical (unpaired) electrons. The Morgan fingerprint density at radius 2 is 1.80 bits per heavy atom. The van der Waals surface area contributed by atoms with Crippen molar-refractivity contribution in [2.24, 2.45) is 0 Å². The lowest BCUT2D eigenvalue weighted by Crippen LogP contribution is -1.91. The summed E-state index contributed by atoms with van der Waals surface area (Å²) in [7, 11) is 1.82. The number of hydrogen-bond donors (Lipinski definition) is 2. The molecule has 0 atom stereocenters. The number of aromatic amines is 1. The molecule has 4 nitrogen and oxygen atoms in total. The van der Waals surface area contributed by atoms with Crippen LogP contribution in [0.4, 0.5) is 10.2 Å². The second kappa shape index (κ2) is 5.13. The highest BCUT2D eigenvalue weighted by molar-refractivity contribution is 5.68. The van der Waals surface area contributed by atoms with Crippen LogP contribution >= 0.6 is 0 Å². The smallest absolute Gasteiger partial charge is 0.125 e. The van der Waals surface area contributed by atoms with E-state index in [1.165, 1.54) is 12.1 Å². The van der Waals surface area contributed by atoms with Crippen molar-refractivity contribution in [3.63, 3.8) is 0 Å². The maximum atomic E-state index is 12.9. The molecule has 0 saturated carbocycles. The lowest BCUT2D eigenvalue weighted by Gasteiger charge is -1.99. The molecule has 20 heavy (non-hydrogen) atoms. The fourth-order valence-electron chi connectivity index (χ4n) is 1.94. The predicted molar refractivity (Wildman–Crippen MR) is 76.8 cm³/mol. The van der Waals surface area contributed by atoms with Crippen molar-refractivity contribution in [3.05, 3.63) is 54.5 Å².